The summed E-state index contributed by atoms with van der Waals surface area (Å²) in [7, 11) is 0. The molecule has 1 saturated carbocycles. The van der Waals surface area contributed by atoms with Gasteiger partial charge >= 0.3 is 0 Å². The summed E-state index contributed by atoms with van der Waals surface area (Å²) in [5, 5.41) is 42.6. The van der Waals surface area contributed by atoms with Gasteiger partial charge in [0, 0.05) is 24.5 Å². The third kappa shape index (κ3) is 7.07. The van der Waals surface area contributed by atoms with Gasteiger partial charge in [-0.2, -0.15) is 0 Å². The Balaban J connectivity index is 1.48. The number of hydrogen-bond donors (Lipinski definition) is 10. The summed E-state index contributed by atoms with van der Waals surface area (Å²) in [5.41, 5.74) is 36.5. The molecule has 16 nitrogen and oxygen atoms in total. The summed E-state index contributed by atoms with van der Waals surface area (Å²) in [5.74, 6) is -0.443. The second-order valence-corrected chi connectivity index (χ2v) is 11.9. The number of ether oxygens (including phenoxy) is 6. The Hall–Kier alpha value is -0.710. The molecule has 4 fully saturated rings. The van der Waals surface area contributed by atoms with Crippen LogP contribution < -0.4 is 34.4 Å². The molecule has 16 N–H and O–H groups in total. The van der Waals surface area contributed by atoms with Crippen LogP contribution in [-0.4, -0.2) is 144 Å². The molecule has 17 heteroatoms. The lowest BCUT2D eigenvalue weighted by Crippen LogP contribution is -2.65. The van der Waals surface area contributed by atoms with Crippen LogP contribution in [0.4, 0.5) is 4.39 Å². The smallest absolute Gasteiger partial charge is 0.187 e. The Kier molecular flexibility index (Phi) is 11.9. The SMILES string of the molecule is CC1C(N)C(OC2C(CO)OC(OC3C(O)C(N)CC(N)C3OC3OC(C(N)CF)CCC3N)C2O)OC(CN)C1O. The summed E-state index contributed by atoms with van der Waals surface area (Å²) in [4.78, 5) is 0. The van der Waals surface area contributed by atoms with Gasteiger partial charge in [-0.05, 0) is 19.3 Å². The van der Waals surface area contributed by atoms with Gasteiger partial charge in [-0.1, -0.05) is 6.92 Å². The fraction of sp³-hybridized carbons (Fsp3) is 1.00. The minimum atomic E-state index is -1.49. The van der Waals surface area contributed by atoms with Crippen LogP contribution in [0.15, 0.2) is 0 Å². The van der Waals surface area contributed by atoms with E-state index in [1.807, 2.05) is 0 Å². The topological polar surface area (TPSA) is 292 Å². The highest BCUT2D eigenvalue weighted by Crippen LogP contribution is 2.35. The van der Waals surface area contributed by atoms with Crippen molar-refractivity contribution in [2.45, 2.75) is 130 Å². The van der Waals surface area contributed by atoms with Crippen molar-refractivity contribution in [3.05, 3.63) is 0 Å². The van der Waals surface area contributed by atoms with Crippen LogP contribution in [0.2, 0.25) is 0 Å². The summed E-state index contributed by atoms with van der Waals surface area (Å²) >= 11 is 0. The molecule has 0 bridgehead atoms. The molecule has 0 aromatic carbocycles. The lowest BCUT2D eigenvalue weighted by Gasteiger charge is -2.46. The molecule has 42 heavy (non-hydrogen) atoms. The quantitative estimate of drug-likeness (QED) is 0.110. The molecule has 4 aliphatic rings. The number of aliphatic hydroxyl groups is 4. The molecule has 246 valence electrons. The highest BCUT2D eigenvalue weighted by molar-refractivity contribution is 5.01. The van der Waals surface area contributed by atoms with E-state index in [1.54, 1.807) is 6.92 Å². The maximum atomic E-state index is 13.2. The molecule has 1 aliphatic carbocycles. The van der Waals surface area contributed by atoms with Crippen molar-refractivity contribution < 1.29 is 53.2 Å². The van der Waals surface area contributed by atoms with Crippen molar-refractivity contribution in [1.29, 1.82) is 0 Å². The van der Waals surface area contributed by atoms with Crippen LogP contribution in [0.1, 0.15) is 26.2 Å². The number of nitrogens with two attached hydrogens (primary N) is 6. The second-order valence-electron chi connectivity index (χ2n) is 11.9. The summed E-state index contributed by atoms with van der Waals surface area (Å²) in [6, 6.07) is -3.77. The van der Waals surface area contributed by atoms with Crippen LogP contribution in [0, 0.1) is 5.92 Å². The third-order valence-corrected chi connectivity index (χ3v) is 8.89. The van der Waals surface area contributed by atoms with E-state index in [0.29, 0.717) is 12.8 Å². The average Bonchev–Trinajstić information content (AvgIpc) is 3.27. The maximum Gasteiger partial charge on any atom is 0.187 e. The summed E-state index contributed by atoms with van der Waals surface area (Å²) in [6.07, 6.45) is -12.0. The van der Waals surface area contributed by atoms with E-state index in [2.05, 4.69) is 0 Å². The molecule has 18 unspecified atom stereocenters. The molecule has 3 heterocycles. The molecular weight excluding hydrogens is 563 g/mol. The molecule has 3 aliphatic heterocycles. The van der Waals surface area contributed by atoms with Crippen LogP contribution in [0.5, 0.6) is 0 Å². The minimum absolute atomic E-state index is 0.00721. The van der Waals surface area contributed by atoms with Crippen molar-refractivity contribution in [2.75, 3.05) is 19.8 Å². The van der Waals surface area contributed by atoms with Gasteiger partial charge in [0.05, 0.1) is 49.1 Å². The predicted octanol–water partition coefficient (Wildman–Crippen LogP) is -5.22. The van der Waals surface area contributed by atoms with E-state index in [9.17, 15) is 24.8 Å². The highest BCUT2D eigenvalue weighted by atomic mass is 19.1. The largest absolute Gasteiger partial charge is 0.394 e. The highest BCUT2D eigenvalue weighted by Gasteiger charge is 2.53. The molecule has 0 radical (unpaired) electrons. The van der Waals surface area contributed by atoms with Gasteiger partial charge in [-0.15, -0.1) is 0 Å². The van der Waals surface area contributed by atoms with Crippen LogP contribution in [0.3, 0.4) is 0 Å². The molecule has 18 atom stereocenters. The standard InChI is InChI=1S/C25H49FN6O10/c1-8-16(32)24(38-14(6-27)17(8)34)41-21-15(7-33)39-25(19(21)36)42-22-18(35)10(29)4-11(30)20(22)40-23-9(28)2-3-13(37-23)12(31)5-26/h8-25,33-36H,2-7,27-32H2,1H3. The Morgan fingerprint density at radius 3 is 2.07 bits per heavy atom. The van der Waals surface area contributed by atoms with Gasteiger partial charge in [0.2, 0.25) is 0 Å². The van der Waals surface area contributed by atoms with Crippen molar-refractivity contribution in [3.8, 4) is 0 Å². The zero-order valence-corrected chi connectivity index (χ0v) is 23.7. The summed E-state index contributed by atoms with van der Waals surface area (Å²) < 4.78 is 48.8. The molecular formula is C25H49FN6O10. The fourth-order valence-electron chi connectivity index (χ4n) is 6.06. The number of halogens is 1. The normalized spacial score (nSPS) is 51.0. The van der Waals surface area contributed by atoms with Crippen molar-refractivity contribution in [1.82, 2.24) is 0 Å². The third-order valence-electron chi connectivity index (χ3n) is 8.89. The predicted molar refractivity (Wildman–Crippen MR) is 144 cm³/mol. The van der Waals surface area contributed by atoms with E-state index in [-0.39, 0.29) is 13.0 Å². The van der Waals surface area contributed by atoms with Crippen LogP contribution in [0.25, 0.3) is 0 Å². The Morgan fingerprint density at radius 1 is 0.786 bits per heavy atom. The molecule has 0 aromatic heterocycles. The van der Waals surface area contributed by atoms with Crippen LogP contribution >= 0.6 is 0 Å². The van der Waals surface area contributed by atoms with Crippen molar-refractivity contribution in [3.63, 3.8) is 0 Å². The van der Waals surface area contributed by atoms with E-state index in [4.69, 9.17) is 62.8 Å². The second kappa shape index (κ2) is 14.6. The van der Waals surface area contributed by atoms with Gasteiger partial charge in [-0.3, -0.25) is 0 Å². The average molecular weight is 613 g/mol. The lowest BCUT2D eigenvalue weighted by molar-refractivity contribution is -0.290. The van der Waals surface area contributed by atoms with Gasteiger partial charge in [-0.25, -0.2) is 4.39 Å². The summed E-state index contributed by atoms with van der Waals surface area (Å²) in [6.45, 7) is 0.382. The first-order valence-corrected chi connectivity index (χ1v) is 14.5. The first-order valence-electron chi connectivity index (χ1n) is 14.5. The van der Waals surface area contributed by atoms with Crippen molar-refractivity contribution in [2.24, 2.45) is 40.3 Å². The minimum Gasteiger partial charge on any atom is -0.394 e. The molecule has 0 spiro atoms. The van der Waals surface area contributed by atoms with Crippen molar-refractivity contribution >= 4 is 0 Å². The Labute approximate surface area is 244 Å². The number of hydrogen-bond acceptors (Lipinski definition) is 16. The first kappa shape index (κ1) is 34.2. The van der Waals surface area contributed by atoms with Crippen LogP contribution in [-0.2, 0) is 28.4 Å². The fourth-order valence-corrected chi connectivity index (χ4v) is 6.06. The van der Waals surface area contributed by atoms with Gasteiger partial charge in [0.25, 0.3) is 0 Å². The number of alkyl halides is 1. The molecule has 0 amide bonds. The maximum absolute atomic E-state index is 13.2. The lowest BCUT2D eigenvalue weighted by atomic mass is 9.84. The van der Waals surface area contributed by atoms with Gasteiger partial charge < -0.3 is 83.2 Å². The molecule has 3 saturated heterocycles. The Morgan fingerprint density at radius 2 is 1.43 bits per heavy atom. The zero-order chi connectivity index (χ0) is 30.9. The molecule has 0 aromatic rings. The number of rotatable bonds is 10. The van der Waals surface area contributed by atoms with E-state index in [0.717, 1.165) is 0 Å². The van der Waals surface area contributed by atoms with Gasteiger partial charge in [0.15, 0.2) is 18.9 Å². The zero-order valence-electron chi connectivity index (χ0n) is 23.7. The first-order chi connectivity index (χ1) is 19.9. The Bertz CT molecular complexity index is 858. The van der Waals surface area contributed by atoms with E-state index >= 15 is 0 Å². The van der Waals surface area contributed by atoms with E-state index in [1.165, 1.54) is 0 Å². The van der Waals surface area contributed by atoms with Gasteiger partial charge in [0.1, 0.15) is 37.2 Å². The monoisotopic (exact) mass is 612 g/mol. The van der Waals surface area contributed by atoms with E-state index < -0.39 is 123 Å². The number of aliphatic hydroxyl groups excluding tert-OH is 4. The molecule has 4 rings (SSSR count).